The monoisotopic (exact) mass is 435 g/mol. The molecular formula is C17H11Br2NO3. The zero-order valence-electron chi connectivity index (χ0n) is 12.0. The summed E-state index contributed by atoms with van der Waals surface area (Å²) in [6.07, 6.45) is 1.65. The van der Waals surface area contributed by atoms with E-state index in [-0.39, 0.29) is 0 Å². The summed E-state index contributed by atoms with van der Waals surface area (Å²) < 4.78 is 12.3. The summed E-state index contributed by atoms with van der Waals surface area (Å²) in [7, 11) is 1.51. The number of hydrogen-bond donors (Lipinski definition) is 0. The number of aromatic nitrogens is 1. The number of esters is 1. The molecule has 0 aliphatic heterocycles. The average Bonchev–Trinajstić information content (AvgIpc) is 2.58. The van der Waals surface area contributed by atoms with Crippen molar-refractivity contribution >= 4 is 48.7 Å². The highest BCUT2D eigenvalue weighted by Crippen LogP contribution is 2.38. The van der Waals surface area contributed by atoms with Crippen molar-refractivity contribution in [3.63, 3.8) is 0 Å². The number of pyridine rings is 1. The first-order valence-electron chi connectivity index (χ1n) is 6.69. The van der Waals surface area contributed by atoms with Gasteiger partial charge in [0.15, 0.2) is 5.75 Å². The molecule has 0 saturated carbocycles. The number of carbonyl (C=O) groups excluding carboxylic acids is 1. The fourth-order valence-electron chi connectivity index (χ4n) is 2.20. The standard InChI is InChI=1S/C17H11Br2NO3/c1-22-14-7-3-2-5-11(14)17(21)23-16-13(19)9-12(18)10-6-4-8-20-15(10)16/h2-9H,1H3. The maximum Gasteiger partial charge on any atom is 0.347 e. The molecule has 0 radical (unpaired) electrons. The Labute approximate surface area is 149 Å². The summed E-state index contributed by atoms with van der Waals surface area (Å²) in [5, 5.41) is 0.860. The van der Waals surface area contributed by atoms with Gasteiger partial charge < -0.3 is 9.47 Å². The molecule has 0 aliphatic carbocycles. The first-order valence-corrected chi connectivity index (χ1v) is 8.28. The van der Waals surface area contributed by atoms with Crippen molar-refractivity contribution in [3.8, 4) is 11.5 Å². The van der Waals surface area contributed by atoms with E-state index in [2.05, 4.69) is 36.8 Å². The number of carbonyl (C=O) groups is 1. The van der Waals surface area contributed by atoms with Crippen molar-refractivity contribution in [1.82, 2.24) is 4.98 Å². The molecule has 23 heavy (non-hydrogen) atoms. The topological polar surface area (TPSA) is 48.4 Å². The quantitative estimate of drug-likeness (QED) is 0.428. The molecule has 0 saturated heterocycles. The number of fused-ring (bicyclic) bond motifs is 1. The summed E-state index contributed by atoms with van der Waals surface area (Å²) in [6, 6.07) is 12.5. The molecule has 1 heterocycles. The van der Waals surface area contributed by atoms with Crippen LogP contribution in [-0.4, -0.2) is 18.1 Å². The Morgan fingerprint density at radius 3 is 2.65 bits per heavy atom. The van der Waals surface area contributed by atoms with Gasteiger partial charge in [0.2, 0.25) is 0 Å². The highest BCUT2D eigenvalue weighted by molar-refractivity contribution is 9.11. The minimum Gasteiger partial charge on any atom is -0.496 e. The van der Waals surface area contributed by atoms with E-state index < -0.39 is 5.97 Å². The summed E-state index contributed by atoms with van der Waals surface area (Å²) in [6.45, 7) is 0. The average molecular weight is 437 g/mol. The van der Waals surface area contributed by atoms with E-state index in [1.165, 1.54) is 7.11 Å². The number of rotatable bonds is 3. The molecule has 0 atom stereocenters. The lowest BCUT2D eigenvalue weighted by Gasteiger charge is -2.12. The van der Waals surface area contributed by atoms with E-state index in [1.807, 2.05) is 18.2 Å². The molecule has 116 valence electrons. The highest BCUT2D eigenvalue weighted by atomic mass is 79.9. The third-order valence-electron chi connectivity index (χ3n) is 3.27. The Hall–Kier alpha value is -1.92. The van der Waals surface area contributed by atoms with Gasteiger partial charge in [-0.2, -0.15) is 0 Å². The molecule has 0 spiro atoms. The number of ether oxygens (including phenoxy) is 2. The van der Waals surface area contributed by atoms with Crippen LogP contribution in [0.15, 0.2) is 57.6 Å². The van der Waals surface area contributed by atoms with Gasteiger partial charge >= 0.3 is 5.97 Å². The second kappa shape index (κ2) is 6.68. The molecule has 2 aromatic carbocycles. The van der Waals surface area contributed by atoms with Crippen LogP contribution in [0.4, 0.5) is 0 Å². The predicted molar refractivity (Wildman–Crippen MR) is 95.1 cm³/mol. The van der Waals surface area contributed by atoms with Crippen molar-refractivity contribution in [2.45, 2.75) is 0 Å². The van der Waals surface area contributed by atoms with Gasteiger partial charge in [-0.1, -0.05) is 34.1 Å². The lowest BCUT2D eigenvalue weighted by molar-refractivity contribution is 0.0732. The lowest BCUT2D eigenvalue weighted by Crippen LogP contribution is -2.11. The molecule has 0 unspecified atom stereocenters. The van der Waals surface area contributed by atoms with Gasteiger partial charge in [0.1, 0.15) is 16.8 Å². The van der Waals surface area contributed by atoms with E-state index in [4.69, 9.17) is 9.47 Å². The summed E-state index contributed by atoms with van der Waals surface area (Å²) in [5.41, 5.74) is 0.950. The fourth-order valence-corrected chi connectivity index (χ4v) is 3.56. The Kier molecular flexibility index (Phi) is 4.63. The minimum absolute atomic E-state index is 0.355. The molecule has 0 bridgehead atoms. The van der Waals surface area contributed by atoms with Crippen molar-refractivity contribution in [2.24, 2.45) is 0 Å². The molecule has 0 N–H and O–H groups in total. The Morgan fingerprint density at radius 2 is 1.87 bits per heavy atom. The number of halogens is 2. The van der Waals surface area contributed by atoms with Crippen molar-refractivity contribution in [3.05, 3.63) is 63.2 Å². The van der Waals surface area contributed by atoms with Crippen LogP contribution < -0.4 is 9.47 Å². The van der Waals surface area contributed by atoms with Crippen molar-refractivity contribution < 1.29 is 14.3 Å². The van der Waals surface area contributed by atoms with Crippen LogP contribution in [0.1, 0.15) is 10.4 Å². The van der Waals surface area contributed by atoms with E-state index in [0.717, 1.165) is 9.86 Å². The van der Waals surface area contributed by atoms with E-state index >= 15 is 0 Å². The molecule has 1 aromatic heterocycles. The fraction of sp³-hybridized carbons (Fsp3) is 0.0588. The number of hydrogen-bond acceptors (Lipinski definition) is 4. The highest BCUT2D eigenvalue weighted by Gasteiger charge is 2.19. The Morgan fingerprint density at radius 1 is 1.09 bits per heavy atom. The molecule has 6 heteroatoms. The van der Waals surface area contributed by atoms with Gasteiger partial charge in [-0.15, -0.1) is 0 Å². The van der Waals surface area contributed by atoms with Crippen LogP contribution in [0.25, 0.3) is 10.9 Å². The second-order valence-electron chi connectivity index (χ2n) is 4.66. The lowest BCUT2D eigenvalue weighted by atomic mass is 10.2. The zero-order chi connectivity index (χ0) is 16.4. The van der Waals surface area contributed by atoms with Gasteiger partial charge in [0.05, 0.1) is 11.6 Å². The third kappa shape index (κ3) is 3.09. The first-order chi connectivity index (χ1) is 11.1. The van der Waals surface area contributed by atoms with Crippen molar-refractivity contribution in [1.29, 1.82) is 0 Å². The van der Waals surface area contributed by atoms with Crippen LogP contribution in [0.2, 0.25) is 0 Å². The van der Waals surface area contributed by atoms with Crippen molar-refractivity contribution in [2.75, 3.05) is 7.11 Å². The zero-order valence-corrected chi connectivity index (χ0v) is 15.2. The number of nitrogens with zero attached hydrogens (tertiary/aromatic N) is 1. The largest absolute Gasteiger partial charge is 0.496 e. The number of para-hydroxylation sites is 1. The van der Waals surface area contributed by atoms with E-state index in [0.29, 0.717) is 27.1 Å². The molecule has 0 fully saturated rings. The van der Waals surface area contributed by atoms with Gasteiger partial charge in [-0.3, -0.25) is 4.98 Å². The molecule has 0 aliphatic rings. The maximum atomic E-state index is 12.5. The molecular weight excluding hydrogens is 426 g/mol. The van der Waals surface area contributed by atoms with Crippen LogP contribution >= 0.6 is 31.9 Å². The molecule has 0 amide bonds. The summed E-state index contributed by atoms with van der Waals surface area (Å²) in [4.78, 5) is 16.8. The Bertz CT molecular complexity index is 896. The maximum absolute atomic E-state index is 12.5. The molecule has 3 rings (SSSR count). The summed E-state index contributed by atoms with van der Waals surface area (Å²) in [5.74, 6) is 0.333. The first kappa shape index (κ1) is 16.0. The van der Waals surface area contributed by atoms with E-state index in [1.54, 1.807) is 30.5 Å². The number of benzene rings is 2. The SMILES string of the molecule is COc1ccccc1C(=O)Oc1c(Br)cc(Br)c2cccnc12. The van der Waals surface area contributed by atoms with Crippen LogP contribution in [0, 0.1) is 0 Å². The van der Waals surface area contributed by atoms with Gasteiger partial charge in [-0.05, 0) is 40.2 Å². The minimum atomic E-state index is -0.502. The van der Waals surface area contributed by atoms with Crippen LogP contribution in [-0.2, 0) is 0 Å². The van der Waals surface area contributed by atoms with Crippen LogP contribution in [0.3, 0.4) is 0 Å². The second-order valence-corrected chi connectivity index (χ2v) is 6.37. The molecule has 4 nitrogen and oxygen atoms in total. The normalized spacial score (nSPS) is 10.6. The smallest absolute Gasteiger partial charge is 0.347 e. The number of methoxy groups -OCH3 is 1. The molecule has 3 aromatic rings. The summed E-state index contributed by atoms with van der Waals surface area (Å²) >= 11 is 6.91. The van der Waals surface area contributed by atoms with Crippen LogP contribution in [0.5, 0.6) is 11.5 Å². The van der Waals surface area contributed by atoms with Gasteiger partial charge in [0, 0.05) is 16.1 Å². The predicted octanol–water partition coefficient (Wildman–Crippen LogP) is 4.99. The Balaban J connectivity index is 2.07. The van der Waals surface area contributed by atoms with Gasteiger partial charge in [-0.25, -0.2) is 4.79 Å². The third-order valence-corrected chi connectivity index (χ3v) is 4.52. The van der Waals surface area contributed by atoms with E-state index in [9.17, 15) is 4.79 Å². The van der Waals surface area contributed by atoms with Gasteiger partial charge in [0.25, 0.3) is 0 Å².